The molecule has 116 valence electrons. The monoisotopic (exact) mass is 289 g/mol. The van der Waals surface area contributed by atoms with Crippen molar-refractivity contribution in [3.05, 3.63) is 30.1 Å². The summed E-state index contributed by atoms with van der Waals surface area (Å²) >= 11 is 0. The molecule has 2 unspecified atom stereocenters. The van der Waals surface area contributed by atoms with Crippen molar-refractivity contribution in [2.24, 2.45) is 0 Å². The van der Waals surface area contributed by atoms with Crippen molar-refractivity contribution in [2.45, 2.75) is 63.3 Å². The second-order valence-corrected chi connectivity index (χ2v) is 6.43. The normalized spacial score (nSPS) is 28.6. The molecule has 0 aromatic carbocycles. The fourth-order valence-corrected chi connectivity index (χ4v) is 3.70. The highest BCUT2D eigenvalue weighted by Crippen LogP contribution is 2.25. The molecule has 0 bridgehead atoms. The molecule has 2 heterocycles. The molecular weight excluding hydrogens is 262 g/mol. The highest BCUT2D eigenvalue weighted by Gasteiger charge is 2.31. The van der Waals surface area contributed by atoms with Gasteiger partial charge in [0.1, 0.15) is 0 Å². The van der Waals surface area contributed by atoms with Crippen LogP contribution in [0.15, 0.2) is 24.4 Å². The van der Waals surface area contributed by atoms with Crippen LogP contribution in [-0.4, -0.2) is 46.3 Å². The second-order valence-electron chi connectivity index (χ2n) is 6.43. The first-order valence-corrected chi connectivity index (χ1v) is 8.38. The van der Waals surface area contributed by atoms with Crippen molar-refractivity contribution >= 4 is 0 Å². The van der Waals surface area contributed by atoms with Crippen molar-refractivity contribution in [1.82, 2.24) is 15.2 Å². The molecule has 2 N–H and O–H groups in total. The minimum Gasteiger partial charge on any atom is -0.391 e. The van der Waals surface area contributed by atoms with E-state index >= 15 is 0 Å². The summed E-state index contributed by atoms with van der Waals surface area (Å²) in [7, 11) is 0. The van der Waals surface area contributed by atoms with Gasteiger partial charge in [-0.25, -0.2) is 0 Å². The lowest BCUT2D eigenvalue weighted by molar-refractivity contribution is 0.00712. The number of aliphatic hydroxyl groups excluding tert-OH is 1. The van der Waals surface area contributed by atoms with Crippen molar-refractivity contribution in [2.75, 3.05) is 13.1 Å². The van der Waals surface area contributed by atoms with E-state index in [1.165, 1.54) is 32.1 Å². The highest BCUT2D eigenvalue weighted by molar-refractivity contribution is 5.03. The van der Waals surface area contributed by atoms with E-state index in [9.17, 15) is 5.11 Å². The molecule has 0 radical (unpaired) electrons. The SMILES string of the molecule is OC1CCCCC1N1CCC(NCc2ccccn2)CC1. The summed E-state index contributed by atoms with van der Waals surface area (Å²) in [6.45, 7) is 3.08. The first-order chi connectivity index (χ1) is 10.3. The molecule has 1 saturated heterocycles. The van der Waals surface area contributed by atoms with Gasteiger partial charge in [-0.3, -0.25) is 9.88 Å². The van der Waals surface area contributed by atoms with Gasteiger partial charge in [0.05, 0.1) is 11.8 Å². The lowest BCUT2D eigenvalue weighted by atomic mass is 9.89. The molecule has 21 heavy (non-hydrogen) atoms. The maximum atomic E-state index is 10.2. The first-order valence-electron chi connectivity index (χ1n) is 8.38. The predicted molar refractivity (Wildman–Crippen MR) is 83.9 cm³/mol. The summed E-state index contributed by atoms with van der Waals surface area (Å²) in [6.07, 6.45) is 8.74. The minimum absolute atomic E-state index is 0.100. The fraction of sp³-hybridized carbons (Fsp3) is 0.706. The topological polar surface area (TPSA) is 48.4 Å². The Morgan fingerprint density at radius 3 is 2.67 bits per heavy atom. The maximum absolute atomic E-state index is 10.2. The molecule has 1 aromatic heterocycles. The zero-order valence-electron chi connectivity index (χ0n) is 12.7. The molecule has 0 amide bonds. The second kappa shape index (κ2) is 7.34. The molecule has 4 nitrogen and oxygen atoms in total. The van der Waals surface area contributed by atoms with Crippen LogP contribution in [0.1, 0.15) is 44.2 Å². The van der Waals surface area contributed by atoms with E-state index in [1.807, 2.05) is 18.3 Å². The van der Waals surface area contributed by atoms with E-state index < -0.39 is 0 Å². The van der Waals surface area contributed by atoms with Crippen LogP contribution in [0.4, 0.5) is 0 Å². The largest absolute Gasteiger partial charge is 0.391 e. The quantitative estimate of drug-likeness (QED) is 0.889. The van der Waals surface area contributed by atoms with Crippen LogP contribution in [0.3, 0.4) is 0 Å². The predicted octanol–water partition coefficient (Wildman–Crippen LogP) is 1.94. The number of aromatic nitrogens is 1. The Morgan fingerprint density at radius 1 is 1.14 bits per heavy atom. The summed E-state index contributed by atoms with van der Waals surface area (Å²) < 4.78 is 0. The molecule has 1 aliphatic heterocycles. The third-order valence-electron chi connectivity index (χ3n) is 4.99. The third kappa shape index (κ3) is 4.02. The average molecular weight is 289 g/mol. The highest BCUT2D eigenvalue weighted by atomic mass is 16.3. The summed E-state index contributed by atoms with van der Waals surface area (Å²) in [4.78, 5) is 6.87. The van der Waals surface area contributed by atoms with Gasteiger partial charge in [0.25, 0.3) is 0 Å². The van der Waals surface area contributed by atoms with Crippen LogP contribution < -0.4 is 5.32 Å². The average Bonchev–Trinajstić information content (AvgIpc) is 2.55. The number of rotatable bonds is 4. The van der Waals surface area contributed by atoms with Gasteiger partial charge in [-0.05, 0) is 37.8 Å². The van der Waals surface area contributed by atoms with Gasteiger partial charge >= 0.3 is 0 Å². The molecule has 2 atom stereocenters. The third-order valence-corrected chi connectivity index (χ3v) is 4.99. The van der Waals surface area contributed by atoms with Crippen LogP contribution >= 0.6 is 0 Å². The standard InChI is InChI=1S/C17H27N3O/c21-17-7-2-1-6-16(17)20-11-8-14(9-12-20)19-13-15-5-3-4-10-18-15/h3-5,10,14,16-17,19,21H,1-2,6-9,11-13H2. The lowest BCUT2D eigenvalue weighted by Gasteiger charge is -2.41. The van der Waals surface area contributed by atoms with Crippen LogP contribution in [0.25, 0.3) is 0 Å². The molecule has 3 rings (SSSR count). The van der Waals surface area contributed by atoms with Crippen molar-refractivity contribution in [3.63, 3.8) is 0 Å². The van der Waals surface area contributed by atoms with Crippen molar-refractivity contribution in [1.29, 1.82) is 0 Å². The van der Waals surface area contributed by atoms with Gasteiger partial charge in [-0.15, -0.1) is 0 Å². The van der Waals surface area contributed by atoms with E-state index in [0.29, 0.717) is 12.1 Å². The molecule has 2 fully saturated rings. The number of aliphatic hydroxyl groups is 1. The number of hydrogen-bond donors (Lipinski definition) is 2. The number of likely N-dealkylation sites (tertiary alicyclic amines) is 1. The molecule has 1 aliphatic carbocycles. The smallest absolute Gasteiger partial charge is 0.0695 e. The fourth-order valence-electron chi connectivity index (χ4n) is 3.70. The Labute approximate surface area is 127 Å². The molecule has 2 aliphatic rings. The van der Waals surface area contributed by atoms with E-state index in [2.05, 4.69) is 21.3 Å². The first kappa shape index (κ1) is 14.9. The summed E-state index contributed by atoms with van der Waals surface area (Å²) in [5.41, 5.74) is 1.11. The Balaban J connectivity index is 1.42. The number of pyridine rings is 1. The Hall–Kier alpha value is -0.970. The molecule has 1 saturated carbocycles. The van der Waals surface area contributed by atoms with Crippen LogP contribution in [0.2, 0.25) is 0 Å². The number of hydrogen-bond acceptors (Lipinski definition) is 4. The zero-order valence-corrected chi connectivity index (χ0v) is 12.7. The van der Waals surface area contributed by atoms with Crippen molar-refractivity contribution in [3.8, 4) is 0 Å². The van der Waals surface area contributed by atoms with Crippen LogP contribution in [-0.2, 0) is 6.54 Å². The van der Waals surface area contributed by atoms with Crippen LogP contribution in [0.5, 0.6) is 0 Å². The van der Waals surface area contributed by atoms with E-state index in [-0.39, 0.29) is 6.10 Å². The van der Waals surface area contributed by atoms with Gasteiger partial charge < -0.3 is 10.4 Å². The molecular formula is C17H27N3O. The lowest BCUT2D eigenvalue weighted by Crippen LogP contribution is -2.51. The number of nitrogens with one attached hydrogen (secondary N) is 1. The van der Waals surface area contributed by atoms with Gasteiger partial charge in [-0.2, -0.15) is 0 Å². The van der Waals surface area contributed by atoms with E-state index in [1.54, 1.807) is 0 Å². The Morgan fingerprint density at radius 2 is 1.95 bits per heavy atom. The molecule has 1 aromatic rings. The van der Waals surface area contributed by atoms with E-state index in [0.717, 1.165) is 31.7 Å². The van der Waals surface area contributed by atoms with E-state index in [4.69, 9.17) is 0 Å². The van der Waals surface area contributed by atoms with Crippen molar-refractivity contribution < 1.29 is 5.11 Å². The van der Waals surface area contributed by atoms with Gasteiger partial charge in [0.2, 0.25) is 0 Å². The zero-order chi connectivity index (χ0) is 14.5. The van der Waals surface area contributed by atoms with Gasteiger partial charge in [0.15, 0.2) is 0 Å². The number of nitrogens with zero attached hydrogens (tertiary/aromatic N) is 2. The van der Waals surface area contributed by atoms with Crippen LogP contribution in [0, 0.1) is 0 Å². The Bertz CT molecular complexity index is 417. The minimum atomic E-state index is -0.100. The molecule has 4 heteroatoms. The van der Waals surface area contributed by atoms with Gasteiger partial charge in [0, 0.05) is 37.9 Å². The van der Waals surface area contributed by atoms with Gasteiger partial charge in [-0.1, -0.05) is 18.9 Å². The summed E-state index contributed by atoms with van der Waals surface area (Å²) in [6, 6.07) is 7.06. The molecule has 0 spiro atoms. The summed E-state index contributed by atoms with van der Waals surface area (Å²) in [5.74, 6) is 0. The Kier molecular flexibility index (Phi) is 5.22. The number of piperidine rings is 1. The maximum Gasteiger partial charge on any atom is 0.0695 e. The summed E-state index contributed by atoms with van der Waals surface area (Å²) in [5, 5.41) is 13.8.